The number of rotatable bonds is 1. The number of nitrogens with zero attached hydrogens (tertiary/aromatic N) is 2. The summed E-state index contributed by atoms with van der Waals surface area (Å²) < 4.78 is 7.25. The largest absolute Gasteiger partial charge is 0.684 e. The van der Waals surface area contributed by atoms with Gasteiger partial charge in [0.05, 0.1) is 0 Å². The molecule has 0 fully saturated rings. The van der Waals surface area contributed by atoms with Crippen molar-refractivity contribution in [1.82, 2.24) is 4.43 Å². The van der Waals surface area contributed by atoms with E-state index in [-0.39, 0.29) is 0 Å². The Hall–Kier alpha value is -0.256. The Morgan fingerprint density at radius 1 is 2.00 bits per heavy atom. The Morgan fingerprint density at radius 3 is 2.60 bits per heavy atom. The van der Waals surface area contributed by atoms with Crippen molar-refractivity contribution in [2.75, 3.05) is 0 Å². The van der Waals surface area contributed by atoms with E-state index >= 15 is 0 Å². The van der Waals surface area contributed by atoms with E-state index in [2.05, 4.69) is 8.55 Å². The Kier molecular flexibility index (Phi) is 3.55. The van der Waals surface area contributed by atoms with Gasteiger partial charge in [0.15, 0.2) is 10.5 Å². The zero-order valence-electron chi connectivity index (χ0n) is 2.88. The fourth-order valence-corrected chi connectivity index (χ4v) is 0.424. The minimum atomic E-state index is -0.443. The fourth-order valence-electron chi connectivity index (χ4n) is 0.0471. The van der Waals surface area contributed by atoms with Crippen molar-refractivity contribution in [3.63, 3.8) is 0 Å². The predicted octanol–water partition coefficient (Wildman–Crippen LogP) is -2.09. The Morgan fingerprint density at radius 2 is 2.60 bits per heavy atom. The van der Waals surface area contributed by atoms with Gasteiger partial charge in [-0.25, -0.2) is 4.43 Å². The first kappa shape index (κ1) is 4.74. The molecule has 0 aliphatic rings. The van der Waals surface area contributed by atoms with Crippen molar-refractivity contribution < 1.29 is 4.12 Å². The first-order valence-electron chi connectivity index (χ1n) is 1.10. The molecule has 3 nitrogen and oxygen atoms in total. The van der Waals surface area contributed by atoms with Gasteiger partial charge in [0.25, 0.3) is 0 Å². The van der Waals surface area contributed by atoms with E-state index in [1.54, 1.807) is 0 Å². The van der Waals surface area contributed by atoms with E-state index in [9.17, 15) is 0 Å². The van der Waals surface area contributed by atoms with Gasteiger partial charge in [-0.2, -0.15) is 0 Å². The van der Waals surface area contributed by atoms with E-state index in [1.807, 2.05) is 0 Å². The standard InChI is InChI=1S/H4N2OSi2/c1-2-5-3-4/h5H,4H3. The second-order valence-corrected chi connectivity index (χ2v) is 2.78. The normalized spacial score (nSPS) is 5.60. The van der Waals surface area contributed by atoms with Crippen molar-refractivity contribution in [1.29, 1.82) is 0 Å². The summed E-state index contributed by atoms with van der Waals surface area (Å²) in [4.78, 5) is 0. The molecule has 0 saturated heterocycles. The Balaban J connectivity index is 2.93. The van der Waals surface area contributed by atoms with E-state index in [1.165, 1.54) is 0 Å². The lowest BCUT2D eigenvalue weighted by Crippen LogP contribution is -1.81. The summed E-state index contributed by atoms with van der Waals surface area (Å²) in [6, 6.07) is 0. The van der Waals surface area contributed by atoms with Gasteiger partial charge in [0, 0.05) is 0 Å². The molecule has 0 atom stereocenters. The van der Waals surface area contributed by atoms with Crippen LogP contribution in [0.15, 0.2) is 0 Å². The SMILES string of the molecule is [N-]=[N+]=[SiH]O[SiH3]. The van der Waals surface area contributed by atoms with Crippen LogP contribution in [-0.4, -0.2) is 20.0 Å². The molecule has 0 aliphatic carbocycles. The van der Waals surface area contributed by atoms with Crippen molar-refractivity contribution >= 4 is 20.0 Å². The molecule has 0 bridgehead atoms. The number of hydrogen-bond acceptors (Lipinski definition) is 1. The molecule has 0 aromatic rings. The molecule has 0 aromatic carbocycles. The highest BCUT2D eigenvalue weighted by molar-refractivity contribution is 6.22. The zero-order valence-corrected chi connectivity index (χ0v) is 6.03. The first-order valence-corrected chi connectivity index (χ1v) is 2.91. The molecule has 0 N–H and O–H groups in total. The highest BCUT2D eigenvalue weighted by Crippen LogP contribution is 1.30. The predicted molar refractivity (Wildman–Crippen MR) is 23.7 cm³/mol. The lowest BCUT2D eigenvalue weighted by atomic mass is 13.3. The molecule has 0 saturated carbocycles. The topological polar surface area (TPSA) is 45.6 Å². The molecule has 0 spiro atoms. The van der Waals surface area contributed by atoms with Gasteiger partial charge in [0.1, 0.15) is 0 Å². The molecular weight excluding hydrogens is 100 g/mol. The third-order valence-electron chi connectivity index (χ3n) is 0.153. The van der Waals surface area contributed by atoms with Crippen molar-refractivity contribution in [2.45, 2.75) is 0 Å². The maximum Gasteiger partial charge on any atom is 0.684 e. The monoisotopic (exact) mass is 104 g/mol. The van der Waals surface area contributed by atoms with Crippen LogP contribution < -0.4 is 4.43 Å². The summed E-state index contributed by atoms with van der Waals surface area (Å²) in [5, 5.41) is 0. The molecule has 0 aromatic heterocycles. The molecule has 5 heteroatoms. The summed E-state index contributed by atoms with van der Waals surface area (Å²) >= 11 is 0. The van der Waals surface area contributed by atoms with Crippen molar-refractivity contribution in [3.8, 4) is 0 Å². The van der Waals surface area contributed by atoms with Gasteiger partial charge in [-0.05, 0) is 0 Å². The van der Waals surface area contributed by atoms with Gasteiger partial charge in [0.2, 0.25) is 0 Å². The maximum atomic E-state index is 7.63. The number of hydrogen-bond donors (Lipinski definition) is 0. The average molecular weight is 104 g/mol. The second-order valence-electron chi connectivity index (χ2n) is 0.457. The molecule has 0 unspecified atom stereocenters. The van der Waals surface area contributed by atoms with Gasteiger partial charge in [-0.1, -0.05) is 0 Å². The molecule has 5 heavy (non-hydrogen) atoms. The summed E-state index contributed by atoms with van der Waals surface area (Å²) in [5.74, 6) is 0. The highest BCUT2D eigenvalue weighted by atomic mass is 28.3. The van der Waals surface area contributed by atoms with Gasteiger partial charge in [-0.15, -0.1) is 0 Å². The zero-order chi connectivity index (χ0) is 4.12. The van der Waals surface area contributed by atoms with Gasteiger partial charge in [-0.3, -0.25) is 0 Å². The Labute approximate surface area is 35.1 Å². The third-order valence-corrected chi connectivity index (χ3v) is 1.09. The van der Waals surface area contributed by atoms with Gasteiger partial charge >= 0.3 is 9.56 Å². The quantitative estimate of drug-likeness (QED) is 0.214. The lowest BCUT2D eigenvalue weighted by molar-refractivity contribution is 0.675. The molecule has 0 radical (unpaired) electrons. The minimum absolute atomic E-state index is 0.443. The molecule has 0 amide bonds. The maximum absolute atomic E-state index is 7.63. The van der Waals surface area contributed by atoms with Crippen LogP contribution >= 0.6 is 0 Å². The summed E-state index contributed by atoms with van der Waals surface area (Å²) in [6.07, 6.45) is 0. The van der Waals surface area contributed by atoms with Crippen LogP contribution in [0.4, 0.5) is 0 Å². The summed E-state index contributed by atoms with van der Waals surface area (Å²) in [7, 11) is 0.239. The van der Waals surface area contributed by atoms with E-state index in [0.717, 1.165) is 0 Å². The molecular formula is H4N2OSi2. The Bertz CT molecular complexity index is 54.7. The highest BCUT2D eigenvalue weighted by Gasteiger charge is 1.65. The van der Waals surface area contributed by atoms with Crippen molar-refractivity contribution in [3.05, 3.63) is 5.53 Å². The molecule has 0 aliphatic heterocycles. The summed E-state index contributed by atoms with van der Waals surface area (Å²) in [5.41, 5.74) is 7.63. The van der Waals surface area contributed by atoms with Crippen LogP contribution in [0.5, 0.6) is 0 Å². The van der Waals surface area contributed by atoms with Crippen LogP contribution in [-0.2, 0) is 4.12 Å². The van der Waals surface area contributed by atoms with E-state index < -0.39 is 9.56 Å². The van der Waals surface area contributed by atoms with Crippen LogP contribution in [0, 0.1) is 0 Å². The van der Waals surface area contributed by atoms with Crippen molar-refractivity contribution in [2.24, 2.45) is 0 Å². The first-order chi connectivity index (χ1) is 2.41. The fraction of sp³-hybridized carbons (Fsp3) is 0. The van der Waals surface area contributed by atoms with Crippen LogP contribution in [0.2, 0.25) is 0 Å². The van der Waals surface area contributed by atoms with E-state index in [4.69, 9.17) is 5.53 Å². The van der Waals surface area contributed by atoms with Crippen LogP contribution in [0.3, 0.4) is 0 Å². The lowest BCUT2D eigenvalue weighted by Gasteiger charge is -1.65. The summed E-state index contributed by atoms with van der Waals surface area (Å²) in [6.45, 7) is 0. The molecule has 0 rings (SSSR count). The van der Waals surface area contributed by atoms with E-state index in [0.29, 0.717) is 10.5 Å². The smallest absolute Gasteiger partial charge is 0.561 e. The van der Waals surface area contributed by atoms with Crippen LogP contribution in [0.25, 0.3) is 5.53 Å². The average Bonchev–Trinajstić information content (AvgIpc) is 1.41. The second kappa shape index (κ2) is 3.74. The third kappa shape index (κ3) is 3.74. The van der Waals surface area contributed by atoms with Crippen LogP contribution in [0.1, 0.15) is 0 Å². The molecule has 0 heterocycles. The molecule has 28 valence electrons. The minimum Gasteiger partial charge on any atom is -0.561 e. The van der Waals surface area contributed by atoms with Gasteiger partial charge < -0.3 is 9.65 Å².